The first kappa shape index (κ1) is 19.4. The van der Waals surface area contributed by atoms with Gasteiger partial charge in [-0.05, 0) is 24.4 Å². The summed E-state index contributed by atoms with van der Waals surface area (Å²) < 4.78 is 10.5. The SMILES string of the molecule is COc1cccc(N2C(=O)[C@@H](C=NCC[NH+]3CCOCC3)C(=O)NC2=S)c1. The molecule has 2 saturated heterocycles. The van der Waals surface area contributed by atoms with Crippen LogP contribution in [0.25, 0.3) is 0 Å². The van der Waals surface area contributed by atoms with E-state index in [4.69, 9.17) is 21.7 Å². The third-order valence-electron chi connectivity index (χ3n) is 4.56. The Hall–Kier alpha value is -2.36. The van der Waals surface area contributed by atoms with E-state index in [-0.39, 0.29) is 5.11 Å². The van der Waals surface area contributed by atoms with Crippen molar-refractivity contribution in [2.45, 2.75) is 0 Å². The molecule has 0 aliphatic carbocycles. The summed E-state index contributed by atoms with van der Waals surface area (Å²) in [6.45, 7) is 4.83. The Morgan fingerprint density at radius 1 is 1.41 bits per heavy atom. The van der Waals surface area contributed by atoms with Crippen molar-refractivity contribution in [1.29, 1.82) is 0 Å². The van der Waals surface area contributed by atoms with E-state index in [1.165, 1.54) is 16.0 Å². The molecule has 2 heterocycles. The van der Waals surface area contributed by atoms with Gasteiger partial charge in [0.1, 0.15) is 18.8 Å². The van der Waals surface area contributed by atoms with Crippen molar-refractivity contribution < 1.29 is 24.0 Å². The minimum Gasteiger partial charge on any atom is -0.497 e. The van der Waals surface area contributed by atoms with Crippen molar-refractivity contribution in [3.63, 3.8) is 0 Å². The summed E-state index contributed by atoms with van der Waals surface area (Å²) in [4.78, 5) is 32.1. The molecule has 2 aliphatic heterocycles. The lowest BCUT2D eigenvalue weighted by molar-refractivity contribution is -0.906. The number of quaternary nitrogens is 1. The van der Waals surface area contributed by atoms with Gasteiger partial charge < -0.3 is 19.7 Å². The van der Waals surface area contributed by atoms with Crippen molar-refractivity contribution in [2.24, 2.45) is 10.9 Å². The van der Waals surface area contributed by atoms with Crippen molar-refractivity contribution in [3.8, 4) is 5.75 Å². The zero-order chi connectivity index (χ0) is 19.2. The molecule has 2 fully saturated rings. The molecular formula is C18H23N4O4S+. The van der Waals surface area contributed by atoms with Crippen LogP contribution in [0, 0.1) is 5.92 Å². The van der Waals surface area contributed by atoms with Gasteiger partial charge in [-0.25, -0.2) is 0 Å². The van der Waals surface area contributed by atoms with Crippen LogP contribution in [-0.4, -0.2) is 69.6 Å². The van der Waals surface area contributed by atoms with Gasteiger partial charge in [-0.1, -0.05) is 6.07 Å². The highest BCUT2D eigenvalue weighted by molar-refractivity contribution is 7.80. The van der Waals surface area contributed by atoms with Crippen LogP contribution in [0.3, 0.4) is 0 Å². The number of carbonyl (C=O) groups is 2. The van der Waals surface area contributed by atoms with Gasteiger partial charge in [0.2, 0.25) is 5.91 Å². The molecule has 2 aliphatic rings. The van der Waals surface area contributed by atoms with Crippen molar-refractivity contribution in [1.82, 2.24) is 5.32 Å². The quantitative estimate of drug-likeness (QED) is 0.371. The number of anilines is 1. The normalized spacial score (nSPS) is 21.6. The fourth-order valence-corrected chi connectivity index (χ4v) is 3.32. The number of nitrogens with one attached hydrogen (secondary N) is 2. The van der Waals surface area contributed by atoms with Crippen molar-refractivity contribution in [2.75, 3.05) is 51.4 Å². The Morgan fingerprint density at radius 3 is 2.93 bits per heavy atom. The molecule has 0 radical (unpaired) electrons. The fraction of sp³-hybridized carbons (Fsp3) is 0.444. The molecule has 27 heavy (non-hydrogen) atoms. The molecule has 3 rings (SSSR count). The van der Waals surface area contributed by atoms with Gasteiger partial charge in [0.25, 0.3) is 5.91 Å². The number of thiocarbonyl (C=S) groups is 1. The zero-order valence-corrected chi connectivity index (χ0v) is 16.0. The number of methoxy groups -OCH3 is 1. The molecule has 2 amide bonds. The molecule has 0 unspecified atom stereocenters. The second-order valence-electron chi connectivity index (χ2n) is 6.31. The molecule has 1 atom stereocenters. The minimum atomic E-state index is -0.998. The fourth-order valence-electron chi connectivity index (χ4n) is 3.03. The standard InChI is InChI=1S/C18H22N4O4S/c1-25-14-4-2-3-13(11-14)22-17(24)15(16(23)20-18(22)27)12-19-5-6-21-7-9-26-10-8-21/h2-4,11-12,15H,5-10H2,1H3,(H,20,23,27)/p+1/t15-/m0/s1. The van der Waals surface area contributed by atoms with E-state index in [2.05, 4.69) is 10.3 Å². The summed E-state index contributed by atoms with van der Waals surface area (Å²) in [6, 6.07) is 6.96. The van der Waals surface area contributed by atoms with E-state index in [9.17, 15) is 9.59 Å². The maximum Gasteiger partial charge on any atom is 0.251 e. The lowest BCUT2D eigenvalue weighted by Gasteiger charge is -2.31. The van der Waals surface area contributed by atoms with Gasteiger partial charge in [0.15, 0.2) is 11.0 Å². The van der Waals surface area contributed by atoms with E-state index < -0.39 is 17.7 Å². The van der Waals surface area contributed by atoms with Crippen molar-refractivity contribution >= 4 is 41.0 Å². The van der Waals surface area contributed by atoms with Crippen molar-refractivity contribution in [3.05, 3.63) is 24.3 Å². The monoisotopic (exact) mass is 391 g/mol. The molecular weight excluding hydrogens is 368 g/mol. The second-order valence-corrected chi connectivity index (χ2v) is 6.70. The highest BCUT2D eigenvalue weighted by Crippen LogP contribution is 2.24. The summed E-state index contributed by atoms with van der Waals surface area (Å²) in [7, 11) is 1.54. The van der Waals surface area contributed by atoms with Gasteiger partial charge >= 0.3 is 0 Å². The number of hydrogen-bond donors (Lipinski definition) is 2. The molecule has 2 N–H and O–H groups in total. The first-order valence-electron chi connectivity index (χ1n) is 8.84. The first-order valence-corrected chi connectivity index (χ1v) is 9.25. The van der Waals surface area contributed by atoms with Crippen LogP contribution in [0.1, 0.15) is 0 Å². The maximum atomic E-state index is 12.9. The summed E-state index contributed by atoms with van der Waals surface area (Å²) >= 11 is 5.19. The van der Waals surface area contributed by atoms with Crippen LogP contribution in [0.15, 0.2) is 29.3 Å². The number of hydrogen-bond acceptors (Lipinski definition) is 6. The highest BCUT2D eigenvalue weighted by Gasteiger charge is 2.38. The van der Waals surface area contributed by atoms with Crippen LogP contribution >= 0.6 is 12.2 Å². The van der Waals surface area contributed by atoms with Crippen LogP contribution in [-0.2, 0) is 14.3 Å². The average Bonchev–Trinajstić information content (AvgIpc) is 2.68. The number of carbonyl (C=O) groups excluding carboxylic acids is 2. The molecule has 1 aromatic carbocycles. The maximum absolute atomic E-state index is 12.9. The van der Waals surface area contributed by atoms with Gasteiger partial charge in [0.05, 0.1) is 39.1 Å². The number of aliphatic imine (C=N–C) groups is 1. The smallest absolute Gasteiger partial charge is 0.251 e. The van der Waals surface area contributed by atoms with Gasteiger partial charge in [-0.15, -0.1) is 0 Å². The molecule has 8 nitrogen and oxygen atoms in total. The van der Waals surface area contributed by atoms with E-state index in [0.29, 0.717) is 18.0 Å². The number of ether oxygens (including phenoxy) is 2. The largest absolute Gasteiger partial charge is 0.497 e. The molecule has 0 aromatic heterocycles. The zero-order valence-electron chi connectivity index (χ0n) is 15.1. The van der Waals surface area contributed by atoms with Crippen LogP contribution < -0.4 is 19.9 Å². The van der Waals surface area contributed by atoms with Gasteiger partial charge in [0, 0.05) is 12.3 Å². The Morgan fingerprint density at radius 2 is 2.19 bits per heavy atom. The average molecular weight is 391 g/mol. The van der Waals surface area contributed by atoms with E-state index in [1.807, 2.05) is 0 Å². The first-order chi connectivity index (χ1) is 13.1. The minimum absolute atomic E-state index is 0.0562. The lowest BCUT2D eigenvalue weighted by Crippen LogP contribution is -3.14. The number of rotatable bonds is 6. The second kappa shape index (κ2) is 9.03. The van der Waals surface area contributed by atoms with Crippen LogP contribution in [0.2, 0.25) is 0 Å². The van der Waals surface area contributed by atoms with E-state index in [1.54, 1.807) is 31.4 Å². The van der Waals surface area contributed by atoms with Gasteiger partial charge in [-0.3, -0.25) is 19.5 Å². The summed E-state index contributed by atoms with van der Waals surface area (Å²) in [5.74, 6) is -1.27. The molecule has 144 valence electrons. The molecule has 1 aromatic rings. The van der Waals surface area contributed by atoms with Crippen LogP contribution in [0.4, 0.5) is 5.69 Å². The van der Waals surface area contributed by atoms with Gasteiger partial charge in [-0.2, -0.15) is 0 Å². The molecule has 0 saturated carbocycles. The third kappa shape index (κ3) is 4.68. The predicted octanol–water partition coefficient (Wildman–Crippen LogP) is -0.955. The molecule has 0 bridgehead atoms. The topological polar surface area (TPSA) is 84.7 Å². The predicted molar refractivity (Wildman–Crippen MR) is 104 cm³/mol. The molecule has 9 heteroatoms. The Kier molecular flexibility index (Phi) is 6.49. The van der Waals surface area contributed by atoms with E-state index in [0.717, 1.165) is 32.8 Å². The summed E-state index contributed by atoms with van der Waals surface area (Å²) in [6.07, 6.45) is 1.42. The number of morpholine rings is 1. The van der Waals surface area contributed by atoms with E-state index >= 15 is 0 Å². The summed E-state index contributed by atoms with van der Waals surface area (Å²) in [5.41, 5.74) is 0.542. The number of amides is 2. The Labute approximate surface area is 163 Å². The Balaban J connectivity index is 1.67. The Bertz CT molecular complexity index is 749. The lowest BCUT2D eigenvalue weighted by atomic mass is 10.1. The highest BCUT2D eigenvalue weighted by atomic mass is 32.1. The van der Waals surface area contributed by atoms with Crippen LogP contribution in [0.5, 0.6) is 5.75 Å². The number of benzene rings is 1. The number of nitrogens with zero attached hydrogens (tertiary/aromatic N) is 2. The summed E-state index contributed by atoms with van der Waals surface area (Å²) in [5, 5.41) is 2.64. The third-order valence-corrected chi connectivity index (χ3v) is 4.85. The molecule has 0 spiro atoms.